The van der Waals surface area contributed by atoms with E-state index in [0.717, 1.165) is 34.1 Å². The summed E-state index contributed by atoms with van der Waals surface area (Å²) < 4.78 is 66.7. The predicted octanol–water partition coefficient (Wildman–Crippen LogP) is 3.83. The smallest absolute Gasteiger partial charge is 0.255 e. The maximum absolute atomic E-state index is 16.3. The van der Waals surface area contributed by atoms with Crippen LogP contribution in [0.3, 0.4) is 0 Å². The van der Waals surface area contributed by atoms with Gasteiger partial charge in [0.25, 0.3) is 12.3 Å². The number of nitrogens with one attached hydrogen (secondary N) is 2. The van der Waals surface area contributed by atoms with Crippen LogP contribution >= 0.6 is 0 Å². The third kappa shape index (κ3) is 6.69. The Morgan fingerprint density at radius 3 is 2.60 bits per heavy atom. The van der Waals surface area contributed by atoms with Crippen molar-refractivity contribution in [1.82, 2.24) is 35.1 Å². The van der Waals surface area contributed by atoms with Gasteiger partial charge in [0.15, 0.2) is 0 Å². The van der Waals surface area contributed by atoms with Crippen molar-refractivity contribution >= 4 is 45.9 Å². The van der Waals surface area contributed by atoms with Gasteiger partial charge < -0.3 is 24.3 Å². The quantitative estimate of drug-likeness (QED) is 0.209. The van der Waals surface area contributed by atoms with Crippen LogP contribution in [0.4, 0.5) is 28.9 Å². The van der Waals surface area contributed by atoms with Crippen LogP contribution in [0, 0.1) is 17.0 Å². The molecule has 330 valence electrons. The summed E-state index contributed by atoms with van der Waals surface area (Å²) in [6.45, 7) is 6.24. The molecule has 4 fully saturated rings. The molecule has 4 saturated heterocycles. The number of carbonyl (C=O) groups excluding carboxylic acids is 4. The van der Waals surface area contributed by atoms with E-state index >= 15 is 8.78 Å². The fraction of sp³-hybridized carbons (Fsp3) is 0.489. The van der Waals surface area contributed by atoms with E-state index < -0.39 is 48.6 Å². The molecule has 0 bridgehead atoms. The molecule has 14 nitrogen and oxygen atoms in total. The number of rotatable bonds is 7. The molecule has 7 aliphatic heterocycles. The number of piperazine rings is 1. The number of benzene rings is 3. The topological polar surface area (TPSA) is 138 Å². The van der Waals surface area contributed by atoms with E-state index in [1.165, 1.54) is 21.9 Å². The van der Waals surface area contributed by atoms with E-state index in [2.05, 4.69) is 25.3 Å². The lowest BCUT2D eigenvalue weighted by molar-refractivity contribution is -0.137. The predicted molar refractivity (Wildman–Crippen MR) is 222 cm³/mol. The molecular formula is C45H47F4N9O5. The van der Waals surface area contributed by atoms with Crippen molar-refractivity contribution < 1.29 is 41.5 Å². The number of hydrogen-bond donors (Lipinski definition) is 2. The molecule has 0 aliphatic carbocycles. The molecule has 2 N–H and O–H groups in total. The second-order valence-electron chi connectivity index (χ2n) is 18.5. The van der Waals surface area contributed by atoms with Crippen molar-refractivity contribution in [3.8, 4) is 5.75 Å². The van der Waals surface area contributed by atoms with Crippen molar-refractivity contribution in [2.24, 2.45) is 5.41 Å². The number of H-pyrrole nitrogens is 1. The fourth-order valence-corrected chi connectivity index (χ4v) is 11.5. The highest BCUT2D eigenvalue weighted by molar-refractivity contribution is 6.06. The number of amides is 4. The third-order valence-corrected chi connectivity index (χ3v) is 14.6. The lowest BCUT2D eigenvalue weighted by Crippen LogP contribution is -2.59. The zero-order valence-corrected chi connectivity index (χ0v) is 34.7. The SMILES string of the molecule is C[C@@H]1Cc2c(ccc3[nH]ncc23)[C@@H](c2c(F)cc(N3CC4(CCN(C(=O)CN5CCN6c7cc8c(cc7OC[C@@H]6C5)C(=O)N(C5CCC(=O)NC5=O)C8)C4)C3)cc2F)N1CC(F)F. The Bertz CT molecular complexity index is 2560. The van der Waals surface area contributed by atoms with Crippen molar-refractivity contribution in [2.45, 2.75) is 69.7 Å². The first-order valence-electron chi connectivity index (χ1n) is 21.8. The number of aromatic nitrogens is 2. The number of hydrogen-bond acceptors (Lipinski definition) is 10. The van der Waals surface area contributed by atoms with Gasteiger partial charge in [-0.15, -0.1) is 0 Å². The van der Waals surface area contributed by atoms with E-state index in [1.807, 2.05) is 15.9 Å². The van der Waals surface area contributed by atoms with Gasteiger partial charge in [-0.25, -0.2) is 17.6 Å². The van der Waals surface area contributed by atoms with E-state index in [9.17, 15) is 28.0 Å². The van der Waals surface area contributed by atoms with Crippen LogP contribution in [0.2, 0.25) is 0 Å². The average molecular weight is 870 g/mol. The number of nitrogens with zero attached hydrogens (tertiary/aromatic N) is 7. The maximum atomic E-state index is 16.3. The second-order valence-corrected chi connectivity index (χ2v) is 18.5. The van der Waals surface area contributed by atoms with Crippen molar-refractivity contribution in [1.29, 1.82) is 0 Å². The third-order valence-electron chi connectivity index (χ3n) is 14.6. The van der Waals surface area contributed by atoms with Crippen LogP contribution < -0.4 is 19.9 Å². The summed E-state index contributed by atoms with van der Waals surface area (Å²) in [4.78, 5) is 62.6. The Kier molecular flexibility index (Phi) is 9.49. The van der Waals surface area contributed by atoms with Gasteiger partial charge in [-0.05, 0) is 73.2 Å². The first kappa shape index (κ1) is 40.1. The minimum atomic E-state index is -2.69. The number of fused-ring (bicyclic) bond motifs is 7. The normalized spacial score (nSPS) is 25.6. The van der Waals surface area contributed by atoms with Crippen LogP contribution in [-0.2, 0) is 27.3 Å². The van der Waals surface area contributed by atoms with Crippen molar-refractivity contribution in [3.05, 3.63) is 82.0 Å². The number of likely N-dealkylation sites (tertiary alicyclic amines) is 1. The van der Waals surface area contributed by atoms with Crippen LogP contribution in [0.25, 0.3) is 10.9 Å². The summed E-state index contributed by atoms with van der Waals surface area (Å²) in [5.74, 6) is -1.95. The zero-order chi connectivity index (χ0) is 43.5. The summed E-state index contributed by atoms with van der Waals surface area (Å²) >= 11 is 0. The minimum Gasteiger partial charge on any atom is -0.489 e. The van der Waals surface area contributed by atoms with E-state index in [0.29, 0.717) is 87.8 Å². The van der Waals surface area contributed by atoms with Crippen molar-refractivity contribution in [2.75, 3.05) is 75.3 Å². The monoisotopic (exact) mass is 869 g/mol. The fourth-order valence-electron chi connectivity index (χ4n) is 11.5. The molecular weight excluding hydrogens is 823 g/mol. The van der Waals surface area contributed by atoms with E-state index in [1.54, 1.807) is 31.3 Å². The van der Waals surface area contributed by atoms with E-state index in [4.69, 9.17) is 4.74 Å². The Morgan fingerprint density at radius 2 is 1.83 bits per heavy atom. The molecule has 63 heavy (non-hydrogen) atoms. The molecule has 1 unspecified atom stereocenters. The number of aromatic amines is 1. The Morgan fingerprint density at radius 1 is 1.02 bits per heavy atom. The molecule has 8 heterocycles. The molecule has 4 atom stereocenters. The molecule has 3 aromatic carbocycles. The summed E-state index contributed by atoms with van der Waals surface area (Å²) in [7, 11) is 0. The second kappa shape index (κ2) is 14.9. The van der Waals surface area contributed by atoms with Gasteiger partial charge >= 0.3 is 0 Å². The summed E-state index contributed by atoms with van der Waals surface area (Å²) in [6, 6.07) is 7.75. The largest absolute Gasteiger partial charge is 0.489 e. The van der Waals surface area contributed by atoms with E-state index in [-0.39, 0.29) is 54.3 Å². The number of anilines is 2. The lowest BCUT2D eigenvalue weighted by atomic mass is 9.78. The zero-order valence-electron chi connectivity index (χ0n) is 34.7. The number of piperidine rings is 1. The molecule has 18 heteroatoms. The molecule has 4 aromatic rings. The summed E-state index contributed by atoms with van der Waals surface area (Å²) in [6.07, 6.45) is 0.669. The maximum Gasteiger partial charge on any atom is 0.255 e. The van der Waals surface area contributed by atoms with Crippen molar-refractivity contribution in [3.63, 3.8) is 0 Å². The summed E-state index contributed by atoms with van der Waals surface area (Å²) in [5, 5.41) is 10.2. The molecule has 4 amide bonds. The molecule has 11 rings (SSSR count). The van der Waals surface area contributed by atoms with Gasteiger partial charge in [-0.1, -0.05) is 6.07 Å². The molecule has 1 spiro atoms. The first-order chi connectivity index (χ1) is 30.3. The van der Waals surface area contributed by atoms with Gasteiger partial charge in [-0.2, -0.15) is 5.10 Å². The Hall–Kier alpha value is -5.75. The highest BCUT2D eigenvalue weighted by Crippen LogP contribution is 2.46. The number of ether oxygens (including phenoxy) is 1. The minimum absolute atomic E-state index is 0.00571. The number of alkyl halides is 2. The first-order valence-corrected chi connectivity index (χ1v) is 21.8. The Labute approximate surface area is 360 Å². The van der Waals surface area contributed by atoms with Crippen LogP contribution in [0.15, 0.2) is 42.6 Å². The van der Waals surface area contributed by atoms with Gasteiger partial charge in [0.1, 0.15) is 30.0 Å². The molecule has 7 aliphatic rings. The summed E-state index contributed by atoms with van der Waals surface area (Å²) in [5.41, 5.74) is 4.36. The van der Waals surface area contributed by atoms with Gasteiger partial charge in [0.05, 0.1) is 42.6 Å². The van der Waals surface area contributed by atoms with Crippen LogP contribution in [-0.4, -0.2) is 143 Å². The van der Waals surface area contributed by atoms with Gasteiger partial charge in [-0.3, -0.25) is 39.4 Å². The number of halogens is 4. The number of carbonyl (C=O) groups is 4. The van der Waals surface area contributed by atoms with Crippen LogP contribution in [0.1, 0.15) is 64.8 Å². The van der Waals surface area contributed by atoms with Gasteiger partial charge in [0, 0.05) is 92.4 Å². The average Bonchev–Trinajstić information content (AvgIpc) is 3.98. The molecule has 1 aromatic heterocycles. The standard InChI is InChI=1S/C45H47F4N9O5/c1-24-10-30-28(2-3-34-31(30)15-50-52-34)42(57(24)18-38(48)49)41-32(46)12-26(13-33(41)47)55-22-45(23-55)6-7-54(21-45)40(60)19-53-8-9-56-27(17-53)20-63-37-14-29-25(11-36(37)56)16-58(44(29)62)35-4-5-39(59)51-43(35)61/h2-3,11-15,24,27,35,38,42H,4-10,16-23H2,1H3,(H,50,52)(H,51,59,61)/t24-,27+,35?,42+/m1/s1. The Balaban J connectivity index is 0.721. The number of imide groups is 1. The van der Waals surface area contributed by atoms with Gasteiger partial charge in [0.2, 0.25) is 17.7 Å². The lowest BCUT2D eigenvalue weighted by Gasteiger charge is -2.49. The van der Waals surface area contributed by atoms with Crippen LogP contribution in [0.5, 0.6) is 5.75 Å². The highest BCUT2D eigenvalue weighted by Gasteiger charge is 2.50. The highest BCUT2D eigenvalue weighted by atomic mass is 19.3. The molecule has 0 radical (unpaired) electrons. The molecule has 0 saturated carbocycles.